The number of alkyl halides is 3. The van der Waals surface area contributed by atoms with Crippen LogP contribution in [0.1, 0.15) is 21.5 Å². The van der Waals surface area contributed by atoms with E-state index in [-0.39, 0.29) is 5.56 Å². The third kappa shape index (κ3) is 3.00. The summed E-state index contributed by atoms with van der Waals surface area (Å²) in [7, 11) is 0. The van der Waals surface area contributed by atoms with Gasteiger partial charge in [-0.2, -0.15) is 13.2 Å². The molecule has 0 spiro atoms. The van der Waals surface area contributed by atoms with Crippen LogP contribution < -0.4 is 0 Å². The van der Waals surface area contributed by atoms with Gasteiger partial charge in [-0.1, -0.05) is 18.2 Å². The van der Waals surface area contributed by atoms with Crippen molar-refractivity contribution in [2.75, 3.05) is 0 Å². The molecule has 0 bridgehead atoms. The molecule has 20 heavy (non-hydrogen) atoms. The molecule has 0 amide bonds. The summed E-state index contributed by atoms with van der Waals surface area (Å²) in [4.78, 5) is 12.1. The molecule has 0 unspecified atom stereocenters. The lowest BCUT2D eigenvalue weighted by atomic mass is 9.98. The van der Waals surface area contributed by atoms with E-state index >= 15 is 0 Å². The first-order valence-electron chi connectivity index (χ1n) is 5.46. The topological polar surface area (TPSA) is 17.1 Å². The fraction of sp³-hybridized carbons (Fsp3) is 0.0714. The van der Waals surface area contributed by atoms with Crippen LogP contribution in [0.3, 0.4) is 0 Å². The molecule has 0 heterocycles. The predicted molar refractivity (Wildman–Crippen MR) is 74.0 cm³/mol. The Kier molecular flexibility index (Phi) is 4.12. The van der Waals surface area contributed by atoms with Crippen LogP contribution in [-0.2, 0) is 6.18 Å². The third-order valence-electron chi connectivity index (χ3n) is 2.65. The van der Waals surface area contributed by atoms with Gasteiger partial charge in [-0.3, -0.25) is 4.79 Å². The van der Waals surface area contributed by atoms with Gasteiger partial charge in [0.25, 0.3) is 0 Å². The fourth-order valence-corrected chi connectivity index (χ4v) is 2.24. The lowest BCUT2D eigenvalue weighted by molar-refractivity contribution is -0.137. The van der Waals surface area contributed by atoms with Crippen LogP contribution in [0.25, 0.3) is 0 Å². The van der Waals surface area contributed by atoms with E-state index in [0.717, 1.165) is 18.2 Å². The molecular formula is C14H7F4IO. The van der Waals surface area contributed by atoms with Gasteiger partial charge in [0.1, 0.15) is 5.82 Å². The molecule has 1 nitrogen and oxygen atoms in total. The smallest absolute Gasteiger partial charge is 0.288 e. The molecule has 2 aromatic rings. The number of carbonyl (C=O) groups is 1. The Morgan fingerprint density at radius 3 is 2.30 bits per heavy atom. The van der Waals surface area contributed by atoms with Crippen molar-refractivity contribution in [1.29, 1.82) is 0 Å². The van der Waals surface area contributed by atoms with E-state index in [9.17, 15) is 22.4 Å². The normalized spacial score (nSPS) is 11.4. The SMILES string of the molecule is O=C(c1cc(I)ccc1F)c1ccccc1C(F)(F)F. The van der Waals surface area contributed by atoms with E-state index < -0.39 is 28.9 Å². The largest absolute Gasteiger partial charge is 0.417 e. The number of carbonyl (C=O) groups excluding carboxylic acids is 1. The standard InChI is InChI=1S/C14H7F4IO/c15-12-6-5-8(19)7-10(12)13(20)9-3-1-2-4-11(9)14(16,17)18/h1-7H. The average Bonchev–Trinajstić information content (AvgIpc) is 2.40. The van der Waals surface area contributed by atoms with Crippen LogP contribution in [0.5, 0.6) is 0 Å². The van der Waals surface area contributed by atoms with E-state index in [0.29, 0.717) is 3.57 Å². The molecule has 2 rings (SSSR count). The van der Waals surface area contributed by atoms with Gasteiger partial charge in [0.2, 0.25) is 0 Å². The van der Waals surface area contributed by atoms with Crippen LogP contribution in [0.15, 0.2) is 42.5 Å². The van der Waals surface area contributed by atoms with Crippen molar-refractivity contribution >= 4 is 28.4 Å². The minimum atomic E-state index is -4.66. The maximum atomic E-state index is 13.6. The number of rotatable bonds is 2. The van der Waals surface area contributed by atoms with Gasteiger partial charge in [0, 0.05) is 9.13 Å². The van der Waals surface area contributed by atoms with Crippen molar-refractivity contribution in [2.45, 2.75) is 6.18 Å². The zero-order chi connectivity index (χ0) is 14.9. The van der Waals surface area contributed by atoms with Gasteiger partial charge >= 0.3 is 6.18 Å². The summed E-state index contributed by atoms with van der Waals surface area (Å²) in [5.41, 5.74) is -1.99. The maximum absolute atomic E-state index is 13.6. The molecule has 0 aliphatic carbocycles. The molecule has 0 aliphatic rings. The molecule has 0 atom stereocenters. The molecule has 2 aromatic carbocycles. The molecule has 0 saturated heterocycles. The van der Waals surface area contributed by atoms with Crippen LogP contribution in [0.4, 0.5) is 17.6 Å². The lowest BCUT2D eigenvalue weighted by Crippen LogP contribution is -2.14. The van der Waals surface area contributed by atoms with Crippen molar-refractivity contribution in [3.05, 3.63) is 68.5 Å². The molecular weight excluding hydrogens is 387 g/mol. The van der Waals surface area contributed by atoms with Gasteiger partial charge < -0.3 is 0 Å². The summed E-state index contributed by atoms with van der Waals surface area (Å²) in [5.74, 6) is -1.82. The summed E-state index contributed by atoms with van der Waals surface area (Å²) >= 11 is 1.86. The minimum absolute atomic E-state index is 0.367. The zero-order valence-corrected chi connectivity index (χ0v) is 12.0. The van der Waals surface area contributed by atoms with Gasteiger partial charge in [-0.15, -0.1) is 0 Å². The van der Waals surface area contributed by atoms with E-state index in [4.69, 9.17) is 0 Å². The molecule has 104 valence electrons. The van der Waals surface area contributed by atoms with Gasteiger partial charge in [0.05, 0.1) is 11.1 Å². The molecule has 0 aromatic heterocycles. The van der Waals surface area contributed by atoms with E-state index in [1.807, 2.05) is 22.6 Å². The van der Waals surface area contributed by atoms with Crippen molar-refractivity contribution in [3.63, 3.8) is 0 Å². The minimum Gasteiger partial charge on any atom is -0.288 e. The average molecular weight is 394 g/mol. The Labute approximate surface area is 125 Å². The molecule has 0 radical (unpaired) electrons. The van der Waals surface area contributed by atoms with E-state index in [2.05, 4.69) is 0 Å². The Morgan fingerprint density at radius 1 is 1.00 bits per heavy atom. The van der Waals surface area contributed by atoms with Crippen molar-refractivity contribution in [2.24, 2.45) is 0 Å². The summed E-state index contributed by atoms with van der Waals surface area (Å²) < 4.78 is 52.8. The van der Waals surface area contributed by atoms with Crippen LogP contribution in [-0.4, -0.2) is 5.78 Å². The highest BCUT2D eigenvalue weighted by Gasteiger charge is 2.35. The molecule has 0 saturated carbocycles. The van der Waals surface area contributed by atoms with E-state index in [1.54, 1.807) is 0 Å². The first kappa shape index (κ1) is 15.0. The first-order valence-corrected chi connectivity index (χ1v) is 6.54. The molecule has 0 aliphatic heterocycles. The number of hydrogen-bond donors (Lipinski definition) is 0. The quantitative estimate of drug-likeness (QED) is 0.411. The number of ketones is 1. The second kappa shape index (κ2) is 5.51. The monoisotopic (exact) mass is 394 g/mol. The predicted octanol–water partition coefficient (Wildman–Crippen LogP) is 4.68. The third-order valence-corrected chi connectivity index (χ3v) is 3.32. The van der Waals surface area contributed by atoms with Crippen LogP contribution in [0.2, 0.25) is 0 Å². The highest BCUT2D eigenvalue weighted by atomic mass is 127. The summed E-state index contributed by atoms with van der Waals surface area (Å²) in [5, 5.41) is 0. The number of halogens is 5. The fourth-order valence-electron chi connectivity index (χ4n) is 1.74. The molecule has 0 fully saturated rings. The summed E-state index contributed by atoms with van der Waals surface area (Å²) in [6, 6.07) is 8.07. The maximum Gasteiger partial charge on any atom is 0.417 e. The Balaban J connectivity index is 2.57. The van der Waals surface area contributed by atoms with Crippen molar-refractivity contribution in [3.8, 4) is 0 Å². The number of hydrogen-bond acceptors (Lipinski definition) is 1. The van der Waals surface area contributed by atoms with Gasteiger partial charge in [-0.25, -0.2) is 4.39 Å². The zero-order valence-electron chi connectivity index (χ0n) is 9.84. The van der Waals surface area contributed by atoms with Crippen molar-refractivity contribution in [1.82, 2.24) is 0 Å². The summed E-state index contributed by atoms with van der Waals surface area (Å²) in [6.45, 7) is 0. The lowest BCUT2D eigenvalue weighted by Gasteiger charge is -2.12. The van der Waals surface area contributed by atoms with Crippen molar-refractivity contribution < 1.29 is 22.4 Å². The molecule has 6 heteroatoms. The number of benzene rings is 2. The highest BCUT2D eigenvalue weighted by molar-refractivity contribution is 14.1. The Hall–Kier alpha value is -1.44. The van der Waals surface area contributed by atoms with Gasteiger partial charge in [0.15, 0.2) is 5.78 Å². The van der Waals surface area contributed by atoms with Crippen LogP contribution >= 0.6 is 22.6 Å². The van der Waals surface area contributed by atoms with Crippen LogP contribution in [0, 0.1) is 9.39 Å². The molecule has 0 N–H and O–H groups in total. The van der Waals surface area contributed by atoms with E-state index in [1.165, 1.54) is 24.3 Å². The highest BCUT2D eigenvalue weighted by Crippen LogP contribution is 2.33. The second-order valence-corrected chi connectivity index (χ2v) is 5.24. The Morgan fingerprint density at radius 2 is 1.65 bits per heavy atom. The first-order chi connectivity index (χ1) is 9.30. The van der Waals surface area contributed by atoms with Gasteiger partial charge in [-0.05, 0) is 46.9 Å². The summed E-state index contributed by atoms with van der Waals surface area (Å²) in [6.07, 6.45) is -4.66. The second-order valence-electron chi connectivity index (χ2n) is 4.00. The Bertz CT molecular complexity index is 664.